The van der Waals surface area contributed by atoms with Gasteiger partial charge in [0.2, 0.25) is 5.91 Å². The van der Waals surface area contributed by atoms with Crippen LogP contribution in [0, 0.1) is 0 Å². The molecule has 1 fully saturated rings. The molecule has 2 rings (SSSR count). The molecule has 0 bridgehead atoms. The molecule has 1 aromatic carbocycles. The fourth-order valence-electron chi connectivity index (χ4n) is 1.85. The summed E-state index contributed by atoms with van der Waals surface area (Å²) in [6, 6.07) is 4.96. The van der Waals surface area contributed by atoms with Crippen LogP contribution in [0.5, 0.6) is 0 Å². The number of hydrogen-bond acceptors (Lipinski definition) is 4. The van der Waals surface area contributed by atoms with Gasteiger partial charge in [-0.25, -0.2) is 0 Å². The summed E-state index contributed by atoms with van der Waals surface area (Å²) < 4.78 is 10.7. The maximum atomic E-state index is 11.7. The zero-order valence-electron chi connectivity index (χ0n) is 10.5. The van der Waals surface area contributed by atoms with Crippen molar-refractivity contribution in [3.8, 4) is 0 Å². The Hall–Kier alpha value is -1.30. The zero-order chi connectivity index (χ0) is 13.7. The van der Waals surface area contributed by atoms with Crippen molar-refractivity contribution in [1.29, 1.82) is 0 Å². The molecule has 5 nitrogen and oxygen atoms in total. The van der Waals surface area contributed by atoms with Crippen LogP contribution >= 0.6 is 11.6 Å². The second-order valence-corrected chi connectivity index (χ2v) is 4.81. The lowest BCUT2D eigenvalue weighted by Gasteiger charge is -2.22. The van der Waals surface area contributed by atoms with E-state index in [-0.39, 0.29) is 18.6 Å². The van der Waals surface area contributed by atoms with E-state index in [2.05, 4.69) is 5.32 Å². The van der Waals surface area contributed by atoms with Crippen LogP contribution in [0.15, 0.2) is 18.2 Å². The van der Waals surface area contributed by atoms with Gasteiger partial charge in [-0.3, -0.25) is 4.79 Å². The predicted octanol–water partition coefficient (Wildman–Crippen LogP) is 2.06. The summed E-state index contributed by atoms with van der Waals surface area (Å²) in [5.41, 5.74) is 6.71. The number of carbonyl (C=O) groups is 1. The number of ether oxygens (including phenoxy) is 2. The molecule has 1 heterocycles. The van der Waals surface area contributed by atoms with Gasteiger partial charge in [0.05, 0.1) is 16.8 Å². The summed E-state index contributed by atoms with van der Waals surface area (Å²) in [6.45, 7) is 1.42. The van der Waals surface area contributed by atoms with Crippen LogP contribution in [0.2, 0.25) is 5.02 Å². The fourth-order valence-corrected chi connectivity index (χ4v) is 1.97. The lowest BCUT2D eigenvalue weighted by molar-refractivity contribution is -0.124. The monoisotopic (exact) mass is 284 g/mol. The minimum absolute atomic E-state index is 0.0349. The van der Waals surface area contributed by atoms with Crippen molar-refractivity contribution in [2.24, 2.45) is 0 Å². The smallest absolute Gasteiger partial charge is 0.250 e. The largest absolute Gasteiger partial charge is 0.397 e. The van der Waals surface area contributed by atoms with Gasteiger partial charge in [-0.15, -0.1) is 0 Å². The molecule has 1 saturated heterocycles. The molecule has 0 aliphatic carbocycles. The summed E-state index contributed by atoms with van der Waals surface area (Å²) in [4.78, 5) is 11.7. The Morgan fingerprint density at radius 3 is 2.89 bits per heavy atom. The van der Waals surface area contributed by atoms with Crippen molar-refractivity contribution in [2.75, 3.05) is 30.9 Å². The van der Waals surface area contributed by atoms with Gasteiger partial charge >= 0.3 is 0 Å². The van der Waals surface area contributed by atoms with Crippen LogP contribution in [0.3, 0.4) is 0 Å². The number of nitrogens with two attached hydrogens (primary N) is 1. The Labute approximate surface area is 117 Å². The average molecular weight is 285 g/mol. The third-order valence-corrected chi connectivity index (χ3v) is 3.24. The van der Waals surface area contributed by atoms with E-state index in [1.165, 1.54) is 0 Å². The number of hydrogen-bond donors (Lipinski definition) is 2. The number of amides is 1. The van der Waals surface area contributed by atoms with Gasteiger partial charge in [-0.05, 0) is 31.0 Å². The maximum Gasteiger partial charge on any atom is 0.250 e. The molecule has 0 atom stereocenters. The molecule has 1 amide bonds. The number of nitrogen functional groups attached to an aromatic ring is 1. The normalized spacial score (nSPS) is 16.3. The average Bonchev–Trinajstić information content (AvgIpc) is 2.42. The van der Waals surface area contributed by atoms with E-state index in [0.717, 1.165) is 12.8 Å². The minimum Gasteiger partial charge on any atom is -0.397 e. The third-order valence-electron chi connectivity index (χ3n) is 2.90. The minimum atomic E-state index is -0.201. The molecule has 0 unspecified atom stereocenters. The van der Waals surface area contributed by atoms with Crippen LogP contribution in [0.1, 0.15) is 12.8 Å². The highest BCUT2D eigenvalue weighted by molar-refractivity contribution is 6.33. The predicted molar refractivity (Wildman–Crippen MR) is 74.3 cm³/mol. The number of anilines is 2. The first-order valence-corrected chi connectivity index (χ1v) is 6.57. The highest BCUT2D eigenvalue weighted by Crippen LogP contribution is 2.22. The van der Waals surface area contributed by atoms with Crippen molar-refractivity contribution in [2.45, 2.75) is 18.9 Å². The van der Waals surface area contributed by atoms with Crippen molar-refractivity contribution in [1.82, 2.24) is 0 Å². The molecule has 0 aromatic heterocycles. The molecule has 3 N–H and O–H groups in total. The first-order chi connectivity index (χ1) is 9.15. The molecule has 6 heteroatoms. The van der Waals surface area contributed by atoms with Gasteiger partial charge in [-0.2, -0.15) is 0 Å². The summed E-state index contributed by atoms with van der Waals surface area (Å²) in [5.74, 6) is -0.201. The molecule has 0 saturated carbocycles. The zero-order valence-corrected chi connectivity index (χ0v) is 11.3. The van der Waals surface area contributed by atoms with E-state index >= 15 is 0 Å². The Balaban J connectivity index is 1.78. The topological polar surface area (TPSA) is 73.6 Å². The fraction of sp³-hybridized carbons (Fsp3) is 0.462. The summed E-state index contributed by atoms with van der Waals surface area (Å²) >= 11 is 5.81. The SMILES string of the molecule is Nc1cc(NC(=O)COC2CCOCC2)ccc1Cl. The Bertz CT molecular complexity index is 448. The third kappa shape index (κ3) is 4.38. The van der Waals surface area contributed by atoms with Crippen molar-refractivity contribution < 1.29 is 14.3 Å². The molecule has 0 radical (unpaired) electrons. The van der Waals surface area contributed by atoms with E-state index in [1.807, 2.05) is 0 Å². The molecular weight excluding hydrogens is 268 g/mol. The van der Waals surface area contributed by atoms with Crippen molar-refractivity contribution >= 4 is 28.9 Å². The highest BCUT2D eigenvalue weighted by atomic mass is 35.5. The van der Waals surface area contributed by atoms with Gasteiger partial charge in [-0.1, -0.05) is 11.6 Å². The number of rotatable bonds is 4. The Morgan fingerprint density at radius 2 is 2.21 bits per heavy atom. The van der Waals surface area contributed by atoms with Gasteiger partial charge in [0.15, 0.2) is 0 Å². The van der Waals surface area contributed by atoms with Gasteiger partial charge in [0.25, 0.3) is 0 Å². The molecule has 1 aromatic rings. The number of nitrogens with one attached hydrogen (secondary N) is 1. The van der Waals surface area contributed by atoms with Crippen LogP contribution in [0.25, 0.3) is 0 Å². The van der Waals surface area contributed by atoms with Crippen LogP contribution < -0.4 is 11.1 Å². The second kappa shape index (κ2) is 6.75. The van der Waals surface area contributed by atoms with Crippen LogP contribution in [0.4, 0.5) is 11.4 Å². The first kappa shape index (κ1) is 14.1. The molecule has 1 aliphatic heterocycles. The standard InChI is InChI=1S/C13H17ClN2O3/c14-11-2-1-9(7-12(11)15)16-13(17)8-19-10-3-5-18-6-4-10/h1-2,7,10H,3-6,8,15H2,(H,16,17). The Morgan fingerprint density at radius 1 is 1.47 bits per heavy atom. The molecule has 0 spiro atoms. The van der Waals surface area contributed by atoms with Crippen LogP contribution in [-0.2, 0) is 14.3 Å². The van der Waals surface area contributed by atoms with Gasteiger partial charge in [0, 0.05) is 18.9 Å². The first-order valence-electron chi connectivity index (χ1n) is 6.19. The number of halogens is 1. The van der Waals surface area contributed by atoms with E-state index in [0.29, 0.717) is 29.6 Å². The maximum absolute atomic E-state index is 11.7. The lowest BCUT2D eigenvalue weighted by atomic mass is 10.1. The van der Waals surface area contributed by atoms with Gasteiger partial charge < -0.3 is 20.5 Å². The molecular formula is C13H17ClN2O3. The summed E-state index contributed by atoms with van der Waals surface area (Å²) in [7, 11) is 0. The molecule has 1 aliphatic rings. The van der Waals surface area contributed by atoms with E-state index in [1.54, 1.807) is 18.2 Å². The van der Waals surface area contributed by atoms with Gasteiger partial charge in [0.1, 0.15) is 6.61 Å². The number of carbonyl (C=O) groups excluding carboxylic acids is 1. The van der Waals surface area contributed by atoms with E-state index in [9.17, 15) is 4.79 Å². The lowest BCUT2D eigenvalue weighted by Crippen LogP contribution is -2.28. The van der Waals surface area contributed by atoms with E-state index < -0.39 is 0 Å². The number of benzene rings is 1. The van der Waals surface area contributed by atoms with Crippen LogP contribution in [-0.4, -0.2) is 31.8 Å². The summed E-state index contributed by atoms with van der Waals surface area (Å²) in [5, 5.41) is 3.18. The molecule has 19 heavy (non-hydrogen) atoms. The van der Waals surface area contributed by atoms with Crippen molar-refractivity contribution in [3.05, 3.63) is 23.2 Å². The van der Waals surface area contributed by atoms with Crippen molar-refractivity contribution in [3.63, 3.8) is 0 Å². The van der Waals surface area contributed by atoms with E-state index in [4.69, 9.17) is 26.8 Å². The quantitative estimate of drug-likeness (QED) is 0.830. The summed E-state index contributed by atoms with van der Waals surface area (Å²) in [6.07, 6.45) is 1.78. The Kier molecular flexibility index (Phi) is 5.01. The molecule has 104 valence electrons. The second-order valence-electron chi connectivity index (χ2n) is 4.41. The highest BCUT2D eigenvalue weighted by Gasteiger charge is 2.15.